The number of likely N-dealkylation sites (tertiary alicyclic amines) is 2. The predicted octanol–water partition coefficient (Wildman–Crippen LogP) is 3.76. The molecule has 0 spiro atoms. The largest absolute Gasteiger partial charge is 0.459 e. The highest BCUT2D eigenvalue weighted by Crippen LogP contribution is 2.32. The minimum absolute atomic E-state index is 0.0117. The monoisotopic (exact) mass is 380 g/mol. The van der Waals surface area contributed by atoms with Gasteiger partial charge in [-0.1, -0.05) is 30.3 Å². The molecule has 1 aromatic carbocycles. The number of carbonyl (C=O) groups excluding carboxylic acids is 2. The summed E-state index contributed by atoms with van der Waals surface area (Å²) in [6, 6.07) is 14.0. The standard InChI is InChI=1S/C23H28N2O3/c26-22(12-4-9-18-7-2-1-3-8-18)24-15-13-20-19(17-24)10-5-14-25(20)23(27)21-11-6-16-28-21/h1-3,6-8,11,16,19-20H,4-5,9-10,12-15,17H2/t19-,20+/m1/s1. The van der Waals surface area contributed by atoms with Crippen LogP contribution in [-0.4, -0.2) is 47.3 Å². The zero-order valence-electron chi connectivity index (χ0n) is 16.3. The fourth-order valence-electron chi connectivity index (χ4n) is 4.67. The van der Waals surface area contributed by atoms with Crippen LogP contribution in [0.5, 0.6) is 0 Å². The number of rotatable bonds is 5. The number of nitrogens with zero attached hydrogens (tertiary/aromatic N) is 2. The van der Waals surface area contributed by atoms with Crippen molar-refractivity contribution in [1.29, 1.82) is 0 Å². The van der Waals surface area contributed by atoms with E-state index in [-0.39, 0.29) is 17.9 Å². The van der Waals surface area contributed by atoms with Gasteiger partial charge in [-0.25, -0.2) is 0 Å². The smallest absolute Gasteiger partial charge is 0.289 e. The van der Waals surface area contributed by atoms with E-state index < -0.39 is 0 Å². The van der Waals surface area contributed by atoms with Gasteiger partial charge >= 0.3 is 0 Å². The zero-order valence-corrected chi connectivity index (χ0v) is 16.3. The molecule has 0 radical (unpaired) electrons. The second kappa shape index (κ2) is 8.63. The van der Waals surface area contributed by atoms with Crippen LogP contribution in [0.1, 0.15) is 48.2 Å². The van der Waals surface area contributed by atoms with Crippen molar-refractivity contribution in [1.82, 2.24) is 9.80 Å². The van der Waals surface area contributed by atoms with Crippen molar-refractivity contribution in [2.75, 3.05) is 19.6 Å². The lowest BCUT2D eigenvalue weighted by molar-refractivity contribution is -0.134. The van der Waals surface area contributed by atoms with Crippen LogP contribution < -0.4 is 0 Å². The SMILES string of the molecule is O=C(CCCc1ccccc1)N1CC[C@H]2[C@H](CCCN2C(=O)c2ccco2)C1. The van der Waals surface area contributed by atoms with Gasteiger partial charge in [0.05, 0.1) is 6.26 Å². The number of benzene rings is 1. The average molecular weight is 380 g/mol. The summed E-state index contributed by atoms with van der Waals surface area (Å²) in [6.07, 6.45) is 6.91. The number of fused-ring (bicyclic) bond motifs is 1. The Morgan fingerprint density at radius 3 is 2.68 bits per heavy atom. The Labute approximate surface area is 166 Å². The summed E-state index contributed by atoms with van der Waals surface area (Å²) >= 11 is 0. The third kappa shape index (κ3) is 4.13. The number of hydrogen-bond acceptors (Lipinski definition) is 3. The van der Waals surface area contributed by atoms with Gasteiger partial charge < -0.3 is 14.2 Å². The maximum atomic E-state index is 12.8. The van der Waals surface area contributed by atoms with Gasteiger partial charge in [-0.05, 0) is 55.7 Å². The minimum atomic E-state index is -0.0117. The van der Waals surface area contributed by atoms with Crippen LogP contribution >= 0.6 is 0 Å². The molecule has 0 aliphatic carbocycles. The van der Waals surface area contributed by atoms with Gasteiger partial charge in [-0.15, -0.1) is 0 Å². The highest BCUT2D eigenvalue weighted by Gasteiger charge is 2.39. The van der Waals surface area contributed by atoms with Gasteiger partial charge in [0, 0.05) is 32.1 Å². The molecule has 2 fully saturated rings. The summed E-state index contributed by atoms with van der Waals surface area (Å²) in [5.74, 6) is 1.03. The highest BCUT2D eigenvalue weighted by atomic mass is 16.3. The molecule has 3 heterocycles. The molecular weight excluding hydrogens is 352 g/mol. The summed E-state index contributed by atoms with van der Waals surface area (Å²) in [4.78, 5) is 29.5. The number of aryl methyl sites for hydroxylation is 1. The van der Waals surface area contributed by atoms with E-state index in [0.29, 0.717) is 18.1 Å². The quantitative estimate of drug-likeness (QED) is 0.794. The number of piperidine rings is 2. The van der Waals surface area contributed by atoms with E-state index in [4.69, 9.17) is 4.42 Å². The van der Waals surface area contributed by atoms with Gasteiger partial charge in [0.2, 0.25) is 5.91 Å². The van der Waals surface area contributed by atoms with E-state index in [9.17, 15) is 9.59 Å². The van der Waals surface area contributed by atoms with E-state index in [1.807, 2.05) is 28.0 Å². The molecule has 28 heavy (non-hydrogen) atoms. The Morgan fingerprint density at radius 1 is 1.04 bits per heavy atom. The molecule has 2 aliphatic heterocycles. The number of furan rings is 1. The molecule has 0 saturated carbocycles. The highest BCUT2D eigenvalue weighted by molar-refractivity contribution is 5.91. The first-order valence-electron chi connectivity index (χ1n) is 10.4. The van der Waals surface area contributed by atoms with Crippen molar-refractivity contribution in [2.45, 2.75) is 44.6 Å². The van der Waals surface area contributed by atoms with Crippen LogP contribution in [0.3, 0.4) is 0 Å². The predicted molar refractivity (Wildman–Crippen MR) is 107 cm³/mol. The lowest BCUT2D eigenvalue weighted by Crippen LogP contribution is -2.56. The summed E-state index contributed by atoms with van der Waals surface area (Å²) in [5, 5.41) is 0. The zero-order chi connectivity index (χ0) is 19.3. The topological polar surface area (TPSA) is 53.8 Å². The molecule has 0 bridgehead atoms. The fourth-order valence-corrected chi connectivity index (χ4v) is 4.67. The first kappa shape index (κ1) is 18.8. The van der Waals surface area contributed by atoms with Crippen LogP contribution in [0.15, 0.2) is 53.1 Å². The van der Waals surface area contributed by atoms with Gasteiger partial charge in [0.25, 0.3) is 5.91 Å². The van der Waals surface area contributed by atoms with Crippen molar-refractivity contribution in [3.63, 3.8) is 0 Å². The van der Waals surface area contributed by atoms with Crippen LogP contribution in [0.2, 0.25) is 0 Å². The molecule has 5 nitrogen and oxygen atoms in total. The molecule has 4 rings (SSSR count). The molecule has 2 atom stereocenters. The minimum Gasteiger partial charge on any atom is -0.459 e. The second-order valence-electron chi connectivity index (χ2n) is 7.91. The molecule has 2 saturated heterocycles. The molecule has 2 aromatic rings. The molecule has 148 valence electrons. The van der Waals surface area contributed by atoms with Crippen LogP contribution in [0.25, 0.3) is 0 Å². The Balaban J connectivity index is 1.30. The van der Waals surface area contributed by atoms with Crippen LogP contribution in [0, 0.1) is 5.92 Å². The second-order valence-corrected chi connectivity index (χ2v) is 7.91. The summed E-state index contributed by atoms with van der Waals surface area (Å²) < 4.78 is 5.31. The Bertz CT molecular complexity index is 787. The molecule has 2 aliphatic rings. The molecule has 0 unspecified atom stereocenters. The van der Waals surface area contributed by atoms with Crippen molar-refractivity contribution < 1.29 is 14.0 Å². The van der Waals surface area contributed by atoms with E-state index in [2.05, 4.69) is 12.1 Å². The molecule has 1 aromatic heterocycles. The average Bonchev–Trinajstić information content (AvgIpc) is 3.28. The maximum absolute atomic E-state index is 12.8. The van der Waals surface area contributed by atoms with E-state index in [1.54, 1.807) is 18.4 Å². The first-order chi connectivity index (χ1) is 13.7. The lowest BCUT2D eigenvalue weighted by Gasteiger charge is -2.47. The summed E-state index contributed by atoms with van der Waals surface area (Å²) in [7, 11) is 0. The molecule has 0 N–H and O–H groups in total. The maximum Gasteiger partial charge on any atom is 0.289 e. The van der Waals surface area contributed by atoms with Crippen molar-refractivity contribution in [3.05, 3.63) is 60.1 Å². The molecular formula is C23H28N2O3. The Hall–Kier alpha value is -2.56. The third-order valence-corrected chi connectivity index (χ3v) is 6.11. The third-order valence-electron chi connectivity index (χ3n) is 6.11. The summed E-state index contributed by atoms with van der Waals surface area (Å²) in [6.45, 7) is 2.30. The lowest BCUT2D eigenvalue weighted by atomic mass is 9.83. The summed E-state index contributed by atoms with van der Waals surface area (Å²) in [5.41, 5.74) is 1.29. The van der Waals surface area contributed by atoms with Gasteiger partial charge in [0.15, 0.2) is 5.76 Å². The van der Waals surface area contributed by atoms with E-state index in [0.717, 1.165) is 51.7 Å². The Morgan fingerprint density at radius 2 is 1.89 bits per heavy atom. The van der Waals surface area contributed by atoms with Gasteiger partial charge in [-0.2, -0.15) is 0 Å². The van der Waals surface area contributed by atoms with Gasteiger partial charge in [0.1, 0.15) is 0 Å². The normalized spacial score (nSPS) is 22.0. The van der Waals surface area contributed by atoms with Crippen molar-refractivity contribution in [3.8, 4) is 0 Å². The van der Waals surface area contributed by atoms with Crippen molar-refractivity contribution in [2.24, 2.45) is 5.92 Å². The van der Waals surface area contributed by atoms with E-state index >= 15 is 0 Å². The molecule has 5 heteroatoms. The van der Waals surface area contributed by atoms with Crippen LogP contribution in [-0.2, 0) is 11.2 Å². The number of hydrogen-bond donors (Lipinski definition) is 0. The van der Waals surface area contributed by atoms with Crippen LogP contribution in [0.4, 0.5) is 0 Å². The molecule has 2 amide bonds. The van der Waals surface area contributed by atoms with E-state index in [1.165, 1.54) is 5.56 Å². The van der Waals surface area contributed by atoms with Gasteiger partial charge in [-0.3, -0.25) is 9.59 Å². The first-order valence-corrected chi connectivity index (χ1v) is 10.4. The van der Waals surface area contributed by atoms with Crippen molar-refractivity contribution >= 4 is 11.8 Å². The number of amides is 2. The fraction of sp³-hybridized carbons (Fsp3) is 0.478. The number of carbonyl (C=O) groups is 2. The Kier molecular flexibility index (Phi) is 5.79.